The summed E-state index contributed by atoms with van der Waals surface area (Å²) in [6, 6.07) is 8.14. The lowest BCUT2D eigenvalue weighted by Crippen LogP contribution is -2.48. The van der Waals surface area contributed by atoms with Crippen LogP contribution in [-0.2, 0) is 0 Å². The highest BCUT2D eigenvalue weighted by molar-refractivity contribution is 9.10. The lowest BCUT2D eigenvalue weighted by atomic mass is 10.0. The Bertz CT molecular complexity index is 441. The normalized spacial score (nSPS) is 20.2. The first kappa shape index (κ1) is 14.8. The van der Waals surface area contributed by atoms with Gasteiger partial charge in [-0.3, -0.25) is 4.90 Å². The number of rotatable bonds is 5. The van der Waals surface area contributed by atoms with Crippen molar-refractivity contribution in [2.45, 2.75) is 25.3 Å². The zero-order valence-electron chi connectivity index (χ0n) is 10.8. The van der Waals surface area contributed by atoms with Crippen LogP contribution in [-0.4, -0.2) is 35.6 Å². The van der Waals surface area contributed by atoms with E-state index in [-0.39, 0.29) is 6.04 Å². The van der Waals surface area contributed by atoms with E-state index in [9.17, 15) is 0 Å². The highest BCUT2D eigenvalue weighted by Gasteiger charge is 2.24. The maximum Gasteiger partial charge on any atom is 0.120 e. The van der Waals surface area contributed by atoms with Gasteiger partial charge in [0.2, 0.25) is 0 Å². The lowest BCUT2D eigenvalue weighted by molar-refractivity contribution is 0.158. The van der Waals surface area contributed by atoms with Crippen LogP contribution in [0.15, 0.2) is 28.7 Å². The standard InChI is InChI=1S/C14H19BrN2OS/c15-11-4-3-5-12(10-11)18-9-8-17-7-2-1-6-13(17)14(16)19/h3-5,10,13H,1-2,6-9H2,(H2,16,19). The molecule has 1 saturated heterocycles. The second kappa shape index (κ2) is 7.22. The zero-order valence-corrected chi connectivity index (χ0v) is 13.3. The molecule has 0 saturated carbocycles. The van der Waals surface area contributed by atoms with Gasteiger partial charge in [-0.2, -0.15) is 0 Å². The Morgan fingerprint density at radius 3 is 3.05 bits per heavy atom. The molecular formula is C14H19BrN2OS. The van der Waals surface area contributed by atoms with Crippen LogP contribution in [0.25, 0.3) is 0 Å². The molecule has 3 nitrogen and oxygen atoms in total. The molecule has 0 amide bonds. The fourth-order valence-corrected chi connectivity index (χ4v) is 3.06. The summed E-state index contributed by atoms with van der Waals surface area (Å²) in [5.74, 6) is 0.887. The Morgan fingerprint density at radius 1 is 1.47 bits per heavy atom. The molecule has 0 bridgehead atoms. The SMILES string of the molecule is NC(=S)C1CCCCN1CCOc1cccc(Br)c1. The van der Waals surface area contributed by atoms with E-state index in [4.69, 9.17) is 22.7 Å². The van der Waals surface area contributed by atoms with E-state index in [1.807, 2.05) is 24.3 Å². The number of piperidine rings is 1. The molecule has 19 heavy (non-hydrogen) atoms. The first-order valence-corrected chi connectivity index (χ1v) is 7.78. The molecule has 0 aliphatic carbocycles. The summed E-state index contributed by atoms with van der Waals surface area (Å²) in [6.45, 7) is 2.59. The van der Waals surface area contributed by atoms with Crippen LogP contribution >= 0.6 is 28.1 Å². The Labute approximate surface area is 128 Å². The number of hydrogen-bond donors (Lipinski definition) is 1. The minimum Gasteiger partial charge on any atom is -0.492 e. The van der Waals surface area contributed by atoms with E-state index < -0.39 is 0 Å². The molecule has 0 spiro atoms. The second-order valence-corrected chi connectivity index (χ2v) is 6.14. The Kier molecular flexibility index (Phi) is 5.60. The molecule has 1 heterocycles. The molecule has 1 fully saturated rings. The molecular weight excluding hydrogens is 324 g/mol. The van der Waals surface area contributed by atoms with Crippen LogP contribution in [0.3, 0.4) is 0 Å². The Hall–Kier alpha value is -0.650. The molecule has 1 atom stereocenters. The maximum atomic E-state index is 5.80. The number of thiocarbonyl (C=S) groups is 1. The second-order valence-electron chi connectivity index (χ2n) is 4.76. The van der Waals surface area contributed by atoms with Crippen molar-refractivity contribution in [3.05, 3.63) is 28.7 Å². The molecule has 2 rings (SSSR count). The fraction of sp³-hybridized carbons (Fsp3) is 0.500. The van der Waals surface area contributed by atoms with Gasteiger partial charge >= 0.3 is 0 Å². The van der Waals surface area contributed by atoms with Gasteiger partial charge in [0.05, 0.1) is 11.0 Å². The van der Waals surface area contributed by atoms with E-state index >= 15 is 0 Å². The number of halogens is 1. The van der Waals surface area contributed by atoms with Crippen LogP contribution in [0.2, 0.25) is 0 Å². The van der Waals surface area contributed by atoms with Crippen LogP contribution < -0.4 is 10.5 Å². The Balaban J connectivity index is 1.82. The summed E-state index contributed by atoms with van der Waals surface area (Å²) in [4.78, 5) is 2.95. The van der Waals surface area contributed by atoms with Crippen molar-refractivity contribution in [3.63, 3.8) is 0 Å². The number of likely N-dealkylation sites (tertiary alicyclic amines) is 1. The monoisotopic (exact) mass is 342 g/mol. The van der Waals surface area contributed by atoms with Gasteiger partial charge in [-0.05, 0) is 37.6 Å². The summed E-state index contributed by atoms with van der Waals surface area (Å²) in [7, 11) is 0. The molecule has 0 radical (unpaired) electrons. The molecule has 1 unspecified atom stereocenters. The van der Waals surface area contributed by atoms with Gasteiger partial charge in [-0.1, -0.05) is 40.6 Å². The summed E-state index contributed by atoms with van der Waals surface area (Å²) < 4.78 is 6.79. The van der Waals surface area contributed by atoms with Crippen molar-refractivity contribution < 1.29 is 4.74 Å². The summed E-state index contributed by atoms with van der Waals surface area (Å²) in [6.07, 6.45) is 3.51. The molecule has 0 aromatic heterocycles. The minimum atomic E-state index is 0.245. The van der Waals surface area contributed by atoms with E-state index in [1.54, 1.807) is 0 Å². The van der Waals surface area contributed by atoms with Gasteiger partial charge in [-0.25, -0.2) is 0 Å². The molecule has 104 valence electrons. The molecule has 1 aliphatic heterocycles. The Morgan fingerprint density at radius 2 is 2.32 bits per heavy atom. The number of nitrogens with two attached hydrogens (primary N) is 1. The molecule has 5 heteroatoms. The third-order valence-electron chi connectivity index (χ3n) is 3.39. The number of ether oxygens (including phenoxy) is 1. The van der Waals surface area contributed by atoms with Gasteiger partial charge in [0.1, 0.15) is 12.4 Å². The van der Waals surface area contributed by atoms with Crippen LogP contribution in [0.4, 0.5) is 0 Å². The van der Waals surface area contributed by atoms with E-state index in [0.29, 0.717) is 11.6 Å². The minimum absolute atomic E-state index is 0.245. The first-order chi connectivity index (χ1) is 9.16. The van der Waals surface area contributed by atoms with E-state index in [1.165, 1.54) is 12.8 Å². The third kappa shape index (κ3) is 4.44. The van der Waals surface area contributed by atoms with Crippen LogP contribution in [0.1, 0.15) is 19.3 Å². The van der Waals surface area contributed by atoms with Crippen molar-refractivity contribution in [1.82, 2.24) is 4.90 Å². The fourth-order valence-electron chi connectivity index (χ4n) is 2.42. The predicted molar refractivity (Wildman–Crippen MR) is 85.6 cm³/mol. The van der Waals surface area contributed by atoms with Crippen molar-refractivity contribution in [2.75, 3.05) is 19.7 Å². The number of hydrogen-bond acceptors (Lipinski definition) is 3. The van der Waals surface area contributed by atoms with Crippen LogP contribution in [0, 0.1) is 0 Å². The topological polar surface area (TPSA) is 38.5 Å². The van der Waals surface area contributed by atoms with Gasteiger partial charge in [-0.15, -0.1) is 0 Å². The van der Waals surface area contributed by atoms with E-state index in [0.717, 1.165) is 29.7 Å². The quantitative estimate of drug-likeness (QED) is 0.835. The highest BCUT2D eigenvalue weighted by Crippen LogP contribution is 2.19. The van der Waals surface area contributed by atoms with Crippen molar-refractivity contribution in [3.8, 4) is 5.75 Å². The predicted octanol–water partition coefficient (Wildman–Crippen LogP) is 2.97. The van der Waals surface area contributed by atoms with Crippen molar-refractivity contribution in [1.29, 1.82) is 0 Å². The summed E-state index contributed by atoms with van der Waals surface area (Å²) >= 11 is 8.58. The lowest BCUT2D eigenvalue weighted by Gasteiger charge is -2.34. The number of benzene rings is 1. The average Bonchev–Trinajstić information content (AvgIpc) is 2.39. The molecule has 1 aliphatic rings. The maximum absolute atomic E-state index is 5.80. The summed E-state index contributed by atoms with van der Waals surface area (Å²) in [5, 5.41) is 0. The van der Waals surface area contributed by atoms with Gasteiger partial charge in [0, 0.05) is 11.0 Å². The molecule has 1 aromatic carbocycles. The van der Waals surface area contributed by atoms with Gasteiger partial charge in [0.25, 0.3) is 0 Å². The largest absolute Gasteiger partial charge is 0.492 e. The molecule has 2 N–H and O–H groups in total. The average molecular weight is 343 g/mol. The highest BCUT2D eigenvalue weighted by atomic mass is 79.9. The third-order valence-corrected chi connectivity index (χ3v) is 4.15. The first-order valence-electron chi connectivity index (χ1n) is 6.58. The summed E-state index contributed by atoms with van der Waals surface area (Å²) in [5.41, 5.74) is 5.80. The van der Waals surface area contributed by atoms with Crippen molar-refractivity contribution in [2.24, 2.45) is 5.73 Å². The molecule has 1 aromatic rings. The van der Waals surface area contributed by atoms with Gasteiger partial charge in [0.15, 0.2) is 0 Å². The smallest absolute Gasteiger partial charge is 0.120 e. The van der Waals surface area contributed by atoms with Crippen molar-refractivity contribution >= 4 is 33.1 Å². The van der Waals surface area contributed by atoms with Crippen LogP contribution in [0.5, 0.6) is 5.75 Å². The zero-order chi connectivity index (χ0) is 13.7. The van der Waals surface area contributed by atoms with Gasteiger partial charge < -0.3 is 10.5 Å². The number of nitrogens with zero attached hydrogens (tertiary/aromatic N) is 1. The van der Waals surface area contributed by atoms with E-state index in [2.05, 4.69) is 20.8 Å².